The second-order valence-electron chi connectivity index (χ2n) is 4.64. The van der Waals surface area contributed by atoms with Gasteiger partial charge in [-0.2, -0.15) is 0 Å². The van der Waals surface area contributed by atoms with Gasteiger partial charge in [-0.25, -0.2) is 0 Å². The second-order valence-corrected chi connectivity index (χ2v) is 4.64. The molecule has 4 heteroatoms. The quantitative estimate of drug-likeness (QED) is 0.853. The molecule has 1 atom stereocenters. The van der Waals surface area contributed by atoms with E-state index in [0.717, 1.165) is 19.5 Å². The van der Waals surface area contributed by atoms with Gasteiger partial charge in [0.2, 0.25) is 0 Å². The molecule has 0 aromatic carbocycles. The maximum atomic E-state index is 12.2. The molecule has 0 radical (unpaired) electrons. The standard InChI is InChI=1S/C13H23N3O/c1-5-10(3)8-15(4)13(17)12-7-11(14)9-16(12)6-2/h7,9-10H,5-6,8,14H2,1-4H3. The Morgan fingerprint density at radius 2 is 2.18 bits per heavy atom. The number of carbonyl (C=O) groups is 1. The molecule has 0 saturated heterocycles. The van der Waals surface area contributed by atoms with Crippen molar-refractivity contribution in [2.45, 2.75) is 33.7 Å². The first-order chi connectivity index (χ1) is 7.99. The topological polar surface area (TPSA) is 51.3 Å². The van der Waals surface area contributed by atoms with Crippen molar-refractivity contribution in [2.75, 3.05) is 19.3 Å². The van der Waals surface area contributed by atoms with E-state index in [9.17, 15) is 4.79 Å². The van der Waals surface area contributed by atoms with Gasteiger partial charge in [0.1, 0.15) is 5.69 Å². The van der Waals surface area contributed by atoms with E-state index in [4.69, 9.17) is 5.73 Å². The van der Waals surface area contributed by atoms with Crippen LogP contribution in [0.3, 0.4) is 0 Å². The molecule has 2 N–H and O–H groups in total. The Morgan fingerprint density at radius 3 is 2.71 bits per heavy atom. The number of nitrogen functional groups attached to an aromatic ring is 1. The van der Waals surface area contributed by atoms with Crippen molar-refractivity contribution < 1.29 is 4.79 Å². The summed E-state index contributed by atoms with van der Waals surface area (Å²) < 4.78 is 1.89. The van der Waals surface area contributed by atoms with Gasteiger partial charge in [-0.05, 0) is 18.9 Å². The van der Waals surface area contributed by atoms with Crippen LogP contribution in [0.15, 0.2) is 12.3 Å². The smallest absolute Gasteiger partial charge is 0.270 e. The number of anilines is 1. The minimum absolute atomic E-state index is 0.0452. The molecular formula is C13H23N3O. The monoisotopic (exact) mass is 237 g/mol. The van der Waals surface area contributed by atoms with Crippen molar-refractivity contribution in [3.8, 4) is 0 Å². The number of nitrogens with zero attached hydrogens (tertiary/aromatic N) is 2. The molecule has 0 spiro atoms. The summed E-state index contributed by atoms with van der Waals surface area (Å²) in [6.45, 7) is 7.83. The summed E-state index contributed by atoms with van der Waals surface area (Å²) in [5.74, 6) is 0.565. The van der Waals surface area contributed by atoms with E-state index >= 15 is 0 Å². The molecular weight excluding hydrogens is 214 g/mol. The Bertz CT molecular complexity index is 384. The highest BCUT2D eigenvalue weighted by Gasteiger charge is 2.17. The maximum Gasteiger partial charge on any atom is 0.270 e. The summed E-state index contributed by atoms with van der Waals surface area (Å²) in [4.78, 5) is 14.0. The summed E-state index contributed by atoms with van der Waals surface area (Å²) in [5.41, 5.74) is 7.05. The first-order valence-corrected chi connectivity index (χ1v) is 6.20. The summed E-state index contributed by atoms with van der Waals surface area (Å²) in [6, 6.07) is 1.75. The number of aromatic nitrogens is 1. The third-order valence-corrected chi connectivity index (χ3v) is 3.11. The van der Waals surface area contributed by atoms with Crippen LogP contribution >= 0.6 is 0 Å². The van der Waals surface area contributed by atoms with Crippen LogP contribution in [0, 0.1) is 5.92 Å². The minimum Gasteiger partial charge on any atom is -0.397 e. The molecule has 4 nitrogen and oxygen atoms in total. The summed E-state index contributed by atoms with van der Waals surface area (Å²) in [7, 11) is 1.84. The van der Waals surface area contributed by atoms with Crippen LogP contribution in [0.5, 0.6) is 0 Å². The molecule has 1 heterocycles. The fourth-order valence-electron chi connectivity index (χ4n) is 1.85. The molecule has 0 saturated carbocycles. The van der Waals surface area contributed by atoms with Gasteiger partial charge in [0.05, 0.1) is 5.69 Å². The molecule has 1 aromatic rings. The maximum absolute atomic E-state index is 12.2. The van der Waals surface area contributed by atoms with Gasteiger partial charge in [-0.15, -0.1) is 0 Å². The minimum atomic E-state index is 0.0452. The number of hydrogen-bond acceptors (Lipinski definition) is 2. The van der Waals surface area contributed by atoms with E-state index in [1.807, 2.05) is 24.7 Å². The number of rotatable bonds is 5. The van der Waals surface area contributed by atoms with E-state index in [1.165, 1.54) is 0 Å². The van der Waals surface area contributed by atoms with Crippen LogP contribution in [-0.2, 0) is 6.54 Å². The zero-order chi connectivity index (χ0) is 13.0. The first-order valence-electron chi connectivity index (χ1n) is 6.20. The normalized spacial score (nSPS) is 12.5. The average molecular weight is 237 g/mol. The Labute approximate surface area is 103 Å². The Balaban J connectivity index is 2.81. The molecule has 0 aliphatic rings. The fourth-order valence-corrected chi connectivity index (χ4v) is 1.85. The lowest BCUT2D eigenvalue weighted by atomic mass is 10.1. The third kappa shape index (κ3) is 3.25. The Kier molecular flexibility index (Phi) is 4.61. The molecule has 1 amide bonds. The van der Waals surface area contributed by atoms with Gasteiger partial charge in [0.25, 0.3) is 5.91 Å². The summed E-state index contributed by atoms with van der Waals surface area (Å²) in [6.07, 6.45) is 2.89. The molecule has 0 fully saturated rings. The van der Waals surface area contributed by atoms with Crippen LogP contribution in [0.4, 0.5) is 5.69 Å². The zero-order valence-electron chi connectivity index (χ0n) is 11.2. The van der Waals surface area contributed by atoms with Crippen LogP contribution in [0.1, 0.15) is 37.7 Å². The number of hydrogen-bond donors (Lipinski definition) is 1. The van der Waals surface area contributed by atoms with Crippen LogP contribution < -0.4 is 5.73 Å². The zero-order valence-corrected chi connectivity index (χ0v) is 11.2. The second kappa shape index (κ2) is 5.75. The molecule has 0 bridgehead atoms. The van der Waals surface area contributed by atoms with Crippen molar-refractivity contribution in [1.29, 1.82) is 0 Å². The van der Waals surface area contributed by atoms with E-state index in [1.54, 1.807) is 11.0 Å². The highest BCUT2D eigenvalue weighted by Crippen LogP contribution is 2.14. The number of aryl methyl sites for hydroxylation is 1. The SMILES string of the molecule is CCC(C)CN(C)C(=O)c1cc(N)cn1CC. The van der Waals surface area contributed by atoms with Gasteiger partial charge < -0.3 is 15.2 Å². The molecule has 0 aliphatic heterocycles. The third-order valence-electron chi connectivity index (χ3n) is 3.11. The first kappa shape index (κ1) is 13.6. The lowest BCUT2D eigenvalue weighted by Gasteiger charge is -2.21. The lowest BCUT2D eigenvalue weighted by Crippen LogP contribution is -2.32. The van der Waals surface area contributed by atoms with Crippen molar-refractivity contribution in [2.24, 2.45) is 5.92 Å². The highest BCUT2D eigenvalue weighted by molar-refractivity contribution is 5.93. The lowest BCUT2D eigenvalue weighted by molar-refractivity contribution is 0.0764. The van der Waals surface area contributed by atoms with Crippen molar-refractivity contribution in [3.63, 3.8) is 0 Å². The predicted molar refractivity (Wildman–Crippen MR) is 70.9 cm³/mol. The molecule has 1 aromatic heterocycles. The molecule has 0 aliphatic carbocycles. The fraction of sp³-hybridized carbons (Fsp3) is 0.615. The van der Waals surface area contributed by atoms with Gasteiger partial charge >= 0.3 is 0 Å². The van der Waals surface area contributed by atoms with E-state index in [0.29, 0.717) is 17.3 Å². The van der Waals surface area contributed by atoms with E-state index in [2.05, 4.69) is 13.8 Å². The number of carbonyl (C=O) groups excluding carboxylic acids is 1. The average Bonchev–Trinajstić information content (AvgIpc) is 2.69. The van der Waals surface area contributed by atoms with Crippen LogP contribution in [0.25, 0.3) is 0 Å². The van der Waals surface area contributed by atoms with Gasteiger partial charge in [-0.1, -0.05) is 20.3 Å². The molecule has 96 valence electrons. The highest BCUT2D eigenvalue weighted by atomic mass is 16.2. The Morgan fingerprint density at radius 1 is 1.53 bits per heavy atom. The van der Waals surface area contributed by atoms with Crippen molar-refractivity contribution >= 4 is 11.6 Å². The van der Waals surface area contributed by atoms with Gasteiger partial charge in [0.15, 0.2) is 0 Å². The predicted octanol–water partition coefficient (Wildman–Crippen LogP) is 2.21. The summed E-state index contributed by atoms with van der Waals surface area (Å²) in [5, 5.41) is 0. The molecule has 1 rings (SSSR count). The summed E-state index contributed by atoms with van der Waals surface area (Å²) >= 11 is 0. The van der Waals surface area contributed by atoms with Crippen molar-refractivity contribution in [1.82, 2.24) is 9.47 Å². The number of amides is 1. The van der Waals surface area contributed by atoms with Gasteiger partial charge in [-0.3, -0.25) is 4.79 Å². The van der Waals surface area contributed by atoms with E-state index < -0.39 is 0 Å². The molecule has 1 unspecified atom stereocenters. The van der Waals surface area contributed by atoms with E-state index in [-0.39, 0.29) is 5.91 Å². The van der Waals surface area contributed by atoms with Crippen LogP contribution in [-0.4, -0.2) is 29.0 Å². The van der Waals surface area contributed by atoms with Crippen molar-refractivity contribution in [3.05, 3.63) is 18.0 Å². The largest absolute Gasteiger partial charge is 0.397 e. The van der Waals surface area contributed by atoms with Crippen LogP contribution in [0.2, 0.25) is 0 Å². The van der Waals surface area contributed by atoms with Gasteiger partial charge in [0, 0.05) is 26.3 Å². The Hall–Kier alpha value is -1.45. The number of nitrogens with two attached hydrogens (primary N) is 1. The molecule has 17 heavy (non-hydrogen) atoms.